The van der Waals surface area contributed by atoms with Gasteiger partial charge in [0, 0.05) is 19.6 Å². The van der Waals surface area contributed by atoms with Gasteiger partial charge in [0.2, 0.25) is 6.79 Å². The van der Waals surface area contributed by atoms with Crippen LogP contribution in [0.15, 0.2) is 12.1 Å². The second-order valence-electron chi connectivity index (χ2n) is 4.49. The van der Waals surface area contributed by atoms with Crippen LogP contribution in [0.2, 0.25) is 5.02 Å². The van der Waals surface area contributed by atoms with E-state index >= 15 is 0 Å². The molecule has 17 heavy (non-hydrogen) atoms. The molecule has 1 atom stereocenters. The van der Waals surface area contributed by atoms with Gasteiger partial charge in [0.1, 0.15) is 0 Å². The zero-order valence-electron chi connectivity index (χ0n) is 9.36. The number of ether oxygens (including phenoxy) is 2. The molecule has 2 aliphatic heterocycles. The molecule has 1 aromatic carbocycles. The fourth-order valence-electron chi connectivity index (χ4n) is 2.33. The Bertz CT molecular complexity index is 438. The van der Waals surface area contributed by atoms with Gasteiger partial charge in [-0.2, -0.15) is 0 Å². The number of rotatable bonds is 2. The number of hydrogen-bond acceptors (Lipinski definition) is 4. The van der Waals surface area contributed by atoms with E-state index in [0.717, 1.165) is 31.6 Å². The molecule has 0 spiro atoms. The molecule has 2 aliphatic rings. The van der Waals surface area contributed by atoms with Gasteiger partial charge in [-0.05, 0) is 24.1 Å². The lowest BCUT2D eigenvalue weighted by molar-refractivity contribution is 0.173. The molecule has 0 bridgehead atoms. The zero-order valence-corrected chi connectivity index (χ0v) is 10.1. The largest absolute Gasteiger partial charge is 0.454 e. The summed E-state index contributed by atoms with van der Waals surface area (Å²) >= 11 is 6.12. The van der Waals surface area contributed by atoms with Gasteiger partial charge in [-0.3, -0.25) is 4.90 Å². The lowest BCUT2D eigenvalue weighted by Gasteiger charge is -2.15. The van der Waals surface area contributed by atoms with E-state index in [9.17, 15) is 5.11 Å². The van der Waals surface area contributed by atoms with Crippen LogP contribution in [0.4, 0.5) is 0 Å². The minimum atomic E-state index is -0.195. The van der Waals surface area contributed by atoms with Gasteiger partial charge < -0.3 is 14.6 Å². The standard InChI is InChI=1S/C12H14ClNO3/c13-10-3-8(4-11-12(10)17-7-16-11)5-14-2-1-9(15)6-14/h3-4,9,15H,1-2,5-7H2. The van der Waals surface area contributed by atoms with Crippen LogP contribution in [0.25, 0.3) is 0 Å². The summed E-state index contributed by atoms with van der Waals surface area (Å²) in [5.74, 6) is 1.35. The Labute approximate surface area is 105 Å². The molecule has 5 heteroatoms. The number of nitrogens with zero attached hydrogens (tertiary/aromatic N) is 1. The van der Waals surface area contributed by atoms with Gasteiger partial charge in [-0.25, -0.2) is 0 Å². The van der Waals surface area contributed by atoms with Gasteiger partial charge in [0.05, 0.1) is 11.1 Å². The molecule has 1 N–H and O–H groups in total. The van der Waals surface area contributed by atoms with Crippen LogP contribution in [-0.4, -0.2) is 36.0 Å². The van der Waals surface area contributed by atoms with Crippen molar-refractivity contribution in [2.75, 3.05) is 19.9 Å². The molecule has 4 nitrogen and oxygen atoms in total. The summed E-state index contributed by atoms with van der Waals surface area (Å²) in [7, 11) is 0. The van der Waals surface area contributed by atoms with E-state index in [2.05, 4.69) is 4.90 Å². The molecular formula is C12H14ClNO3. The zero-order chi connectivity index (χ0) is 11.8. The second-order valence-corrected chi connectivity index (χ2v) is 4.90. The van der Waals surface area contributed by atoms with E-state index in [-0.39, 0.29) is 12.9 Å². The number of fused-ring (bicyclic) bond motifs is 1. The Morgan fingerprint density at radius 3 is 3.06 bits per heavy atom. The highest BCUT2D eigenvalue weighted by molar-refractivity contribution is 6.32. The van der Waals surface area contributed by atoms with E-state index in [1.807, 2.05) is 12.1 Å². The Hall–Kier alpha value is -0.970. The number of β-amino-alcohol motifs (C(OH)–C–C–N with tert-alkyl or cyclic N) is 1. The van der Waals surface area contributed by atoms with E-state index in [1.54, 1.807) is 0 Å². The van der Waals surface area contributed by atoms with Gasteiger partial charge in [0.15, 0.2) is 11.5 Å². The fraction of sp³-hybridized carbons (Fsp3) is 0.500. The van der Waals surface area contributed by atoms with Crippen molar-refractivity contribution in [1.29, 1.82) is 0 Å². The number of likely N-dealkylation sites (tertiary alicyclic amines) is 1. The molecule has 0 saturated carbocycles. The smallest absolute Gasteiger partial charge is 0.231 e. The van der Waals surface area contributed by atoms with E-state index in [1.165, 1.54) is 0 Å². The number of benzene rings is 1. The molecule has 0 aliphatic carbocycles. The van der Waals surface area contributed by atoms with Crippen LogP contribution in [0.1, 0.15) is 12.0 Å². The maximum atomic E-state index is 9.47. The SMILES string of the molecule is OC1CCN(Cc2cc(Cl)c3c(c2)OCO3)C1. The van der Waals surface area contributed by atoms with Crippen LogP contribution in [0.3, 0.4) is 0 Å². The Morgan fingerprint density at radius 1 is 1.41 bits per heavy atom. The first-order valence-electron chi connectivity index (χ1n) is 5.71. The average Bonchev–Trinajstić information content (AvgIpc) is 2.87. The first kappa shape index (κ1) is 11.1. The lowest BCUT2D eigenvalue weighted by Crippen LogP contribution is -2.21. The molecule has 1 unspecified atom stereocenters. The number of halogens is 1. The van der Waals surface area contributed by atoms with E-state index in [0.29, 0.717) is 16.5 Å². The van der Waals surface area contributed by atoms with Crippen LogP contribution < -0.4 is 9.47 Å². The minimum Gasteiger partial charge on any atom is -0.454 e. The van der Waals surface area contributed by atoms with Gasteiger partial charge in [0.25, 0.3) is 0 Å². The van der Waals surface area contributed by atoms with Crippen molar-refractivity contribution >= 4 is 11.6 Å². The second kappa shape index (κ2) is 4.37. The Morgan fingerprint density at radius 2 is 2.29 bits per heavy atom. The van der Waals surface area contributed by atoms with Gasteiger partial charge in [-0.15, -0.1) is 0 Å². The van der Waals surface area contributed by atoms with Crippen molar-refractivity contribution < 1.29 is 14.6 Å². The molecule has 1 aromatic rings. The number of aliphatic hydroxyl groups excluding tert-OH is 1. The predicted octanol–water partition coefficient (Wildman–Crippen LogP) is 1.64. The quantitative estimate of drug-likeness (QED) is 0.872. The fourth-order valence-corrected chi connectivity index (χ4v) is 2.61. The van der Waals surface area contributed by atoms with Crippen molar-refractivity contribution in [2.24, 2.45) is 0 Å². The van der Waals surface area contributed by atoms with Crippen LogP contribution >= 0.6 is 11.6 Å². The molecule has 1 fully saturated rings. The van der Waals surface area contributed by atoms with Gasteiger partial charge in [-0.1, -0.05) is 11.6 Å². The lowest BCUT2D eigenvalue weighted by atomic mass is 10.2. The molecule has 0 aromatic heterocycles. The van der Waals surface area contributed by atoms with Gasteiger partial charge >= 0.3 is 0 Å². The van der Waals surface area contributed by atoms with Crippen molar-refractivity contribution in [3.05, 3.63) is 22.7 Å². The summed E-state index contributed by atoms with van der Waals surface area (Å²) in [6.45, 7) is 2.67. The maximum Gasteiger partial charge on any atom is 0.231 e. The van der Waals surface area contributed by atoms with Crippen molar-refractivity contribution in [2.45, 2.75) is 19.1 Å². The Balaban J connectivity index is 1.77. The summed E-state index contributed by atoms with van der Waals surface area (Å²) in [6, 6.07) is 3.86. The molecular weight excluding hydrogens is 242 g/mol. The molecule has 92 valence electrons. The topological polar surface area (TPSA) is 41.9 Å². The third-order valence-electron chi connectivity index (χ3n) is 3.14. The van der Waals surface area contributed by atoms with Crippen LogP contribution in [-0.2, 0) is 6.54 Å². The van der Waals surface area contributed by atoms with Crippen LogP contribution in [0.5, 0.6) is 11.5 Å². The summed E-state index contributed by atoms with van der Waals surface area (Å²) in [5, 5.41) is 10.1. The first-order chi connectivity index (χ1) is 8.22. The Kier molecular flexibility index (Phi) is 2.86. The predicted molar refractivity (Wildman–Crippen MR) is 63.5 cm³/mol. The molecule has 3 rings (SSSR count). The normalized spacial score (nSPS) is 23.3. The van der Waals surface area contributed by atoms with Crippen molar-refractivity contribution in [3.63, 3.8) is 0 Å². The first-order valence-corrected chi connectivity index (χ1v) is 6.08. The van der Waals surface area contributed by atoms with Crippen molar-refractivity contribution in [3.8, 4) is 11.5 Å². The summed E-state index contributed by atoms with van der Waals surface area (Å²) < 4.78 is 10.6. The average molecular weight is 256 g/mol. The highest BCUT2D eigenvalue weighted by Crippen LogP contribution is 2.40. The number of aliphatic hydroxyl groups is 1. The highest BCUT2D eigenvalue weighted by atomic mass is 35.5. The molecule has 1 saturated heterocycles. The summed E-state index contributed by atoms with van der Waals surface area (Å²) in [4.78, 5) is 2.21. The third-order valence-corrected chi connectivity index (χ3v) is 3.42. The van der Waals surface area contributed by atoms with Crippen molar-refractivity contribution in [1.82, 2.24) is 4.90 Å². The third kappa shape index (κ3) is 2.20. The van der Waals surface area contributed by atoms with E-state index in [4.69, 9.17) is 21.1 Å². The van der Waals surface area contributed by atoms with Crippen LogP contribution in [0, 0.1) is 0 Å². The molecule has 0 radical (unpaired) electrons. The molecule has 0 amide bonds. The summed E-state index contributed by atoms with van der Waals surface area (Å²) in [5.41, 5.74) is 1.09. The highest BCUT2D eigenvalue weighted by Gasteiger charge is 2.22. The summed E-state index contributed by atoms with van der Waals surface area (Å²) in [6.07, 6.45) is 0.651. The molecule has 2 heterocycles. The number of hydrogen-bond donors (Lipinski definition) is 1. The monoisotopic (exact) mass is 255 g/mol. The maximum absolute atomic E-state index is 9.47. The van der Waals surface area contributed by atoms with E-state index < -0.39 is 0 Å². The minimum absolute atomic E-state index is 0.195.